The van der Waals surface area contributed by atoms with E-state index in [0.717, 1.165) is 54.7 Å². The molecule has 14 heteroatoms. The van der Waals surface area contributed by atoms with Crippen molar-refractivity contribution in [1.29, 1.82) is 0 Å². The van der Waals surface area contributed by atoms with Crippen LogP contribution in [-0.4, -0.2) is 74.2 Å². The zero-order valence-electron chi connectivity index (χ0n) is 33.3. The lowest BCUT2D eigenvalue weighted by Gasteiger charge is -2.43. The number of aromatic hydroxyl groups is 1. The van der Waals surface area contributed by atoms with Gasteiger partial charge in [0.15, 0.2) is 5.69 Å². The van der Waals surface area contributed by atoms with Crippen molar-refractivity contribution in [1.82, 2.24) is 35.6 Å². The number of amides is 2. The lowest BCUT2D eigenvalue weighted by molar-refractivity contribution is -0.0336. The monoisotopic (exact) mass is 811 g/mol. The molecule has 0 saturated carbocycles. The van der Waals surface area contributed by atoms with E-state index in [9.17, 15) is 24.6 Å². The number of rotatable bonds is 15. The van der Waals surface area contributed by atoms with Crippen LogP contribution in [0.4, 0.5) is 4.79 Å². The number of aromatic amines is 1. The third-order valence-electron chi connectivity index (χ3n) is 11.4. The zero-order valence-corrected chi connectivity index (χ0v) is 33.3. The number of carbonyl (C=O) groups excluding carboxylic acids is 2. The van der Waals surface area contributed by atoms with Crippen molar-refractivity contribution in [3.63, 3.8) is 0 Å². The van der Waals surface area contributed by atoms with E-state index in [1.807, 2.05) is 78.9 Å². The Morgan fingerprint density at radius 3 is 2.40 bits per heavy atom. The second kappa shape index (κ2) is 18.2. The van der Waals surface area contributed by atoms with Crippen LogP contribution >= 0.6 is 0 Å². The Bertz CT molecular complexity index is 2500. The van der Waals surface area contributed by atoms with E-state index in [1.165, 1.54) is 12.1 Å². The van der Waals surface area contributed by atoms with Crippen molar-refractivity contribution >= 4 is 22.9 Å². The lowest BCUT2D eigenvalue weighted by Crippen LogP contribution is -2.52. The average Bonchev–Trinajstić information content (AvgIpc) is 3.65. The smallest absolute Gasteiger partial charge is 0.408 e. The number of aryl methyl sites for hydroxylation is 1. The number of phenolic OH excluding ortho intramolecular Hbond substituents is 1. The van der Waals surface area contributed by atoms with Gasteiger partial charge < -0.3 is 40.6 Å². The first kappa shape index (κ1) is 40.3. The number of alkyl carbamates (subject to hydrolysis) is 1. The normalized spacial score (nSPS) is 18.1. The van der Waals surface area contributed by atoms with Gasteiger partial charge in [0.1, 0.15) is 24.2 Å². The third-order valence-corrected chi connectivity index (χ3v) is 11.4. The van der Waals surface area contributed by atoms with Crippen LogP contribution in [0.1, 0.15) is 69.0 Å². The summed E-state index contributed by atoms with van der Waals surface area (Å²) >= 11 is 0. The highest BCUT2D eigenvalue weighted by Gasteiger charge is 2.37. The summed E-state index contributed by atoms with van der Waals surface area (Å²) in [6, 6.07) is 32.5. The van der Waals surface area contributed by atoms with Gasteiger partial charge in [-0.15, -0.1) is 0 Å². The molecule has 60 heavy (non-hydrogen) atoms. The SMILES string of the molecule is Cn1nc(C(=O)NCc2ccc(CNC[C@@H](O)c3ccc(O)c4[nH]c(=O)ccc34)cc2)cc1COc1cccc(C(NC(=O)O[C@H]2CN3CCC2CC3)c2ccccc2)c1. The number of aliphatic hydroxyl groups excluding tert-OH is 1. The maximum absolute atomic E-state index is 13.3. The molecule has 1 unspecified atom stereocenters. The molecule has 0 radical (unpaired) electrons. The standard InChI is InChI=1S/C46H49N7O7/c1-52-34(28-59-35-9-5-8-33(22-35)43(32-6-3-2-4-7-32)50-46(58)60-41-27-53-20-18-31(41)19-21-53)23-38(51-52)45(57)48-25-30-12-10-29(11-13-30)24-47-26-40(55)36-14-16-39(54)44-37(36)15-17-42(56)49-44/h2-17,22-23,31,40-41,43,47,54-55H,18-21,24-28H2,1H3,(H,48,57)(H,49,56)(H,50,58)/t40-,41+,43?/m1/s1. The van der Waals surface area contributed by atoms with Gasteiger partial charge in [-0.05, 0) is 90.0 Å². The molecule has 2 aromatic heterocycles. The maximum Gasteiger partial charge on any atom is 0.408 e. The summed E-state index contributed by atoms with van der Waals surface area (Å²) in [7, 11) is 1.77. The molecule has 2 bridgehead atoms. The molecule has 5 heterocycles. The Hall–Kier alpha value is -6.48. The van der Waals surface area contributed by atoms with Gasteiger partial charge in [0.25, 0.3) is 5.91 Å². The second-order valence-electron chi connectivity index (χ2n) is 15.5. The van der Waals surface area contributed by atoms with Crippen LogP contribution in [0, 0.1) is 5.92 Å². The second-order valence-corrected chi connectivity index (χ2v) is 15.5. The highest BCUT2D eigenvalue weighted by atomic mass is 16.6. The summed E-state index contributed by atoms with van der Waals surface area (Å²) in [5.74, 6) is 0.643. The zero-order chi connectivity index (χ0) is 41.6. The quantitative estimate of drug-likeness (QED) is 0.0806. The Balaban J connectivity index is 0.822. The van der Waals surface area contributed by atoms with Crippen LogP contribution in [0.25, 0.3) is 10.9 Å². The van der Waals surface area contributed by atoms with Gasteiger partial charge in [-0.2, -0.15) is 5.10 Å². The van der Waals surface area contributed by atoms with Crippen LogP contribution in [0.2, 0.25) is 0 Å². The molecule has 2 amide bonds. The Morgan fingerprint density at radius 2 is 1.65 bits per heavy atom. The number of H-pyrrole nitrogens is 1. The number of aromatic nitrogens is 3. The van der Waals surface area contributed by atoms with Crippen LogP contribution in [0.15, 0.2) is 114 Å². The summed E-state index contributed by atoms with van der Waals surface area (Å²) in [5.41, 5.74) is 5.20. The Morgan fingerprint density at radius 1 is 0.900 bits per heavy atom. The van der Waals surface area contributed by atoms with Crippen LogP contribution in [0.5, 0.6) is 11.5 Å². The fraction of sp³-hybridized carbons (Fsp3) is 0.304. The summed E-state index contributed by atoms with van der Waals surface area (Å²) in [5, 5.41) is 35.3. The van der Waals surface area contributed by atoms with Crippen molar-refractivity contribution in [3.8, 4) is 11.5 Å². The van der Waals surface area contributed by atoms with Gasteiger partial charge in [-0.3, -0.25) is 19.2 Å². The van der Waals surface area contributed by atoms with E-state index >= 15 is 0 Å². The molecular weight excluding hydrogens is 763 g/mol. The number of hydrogen-bond acceptors (Lipinski definition) is 10. The van der Waals surface area contributed by atoms with E-state index in [0.29, 0.717) is 46.9 Å². The highest BCUT2D eigenvalue weighted by molar-refractivity contribution is 5.92. The van der Waals surface area contributed by atoms with Crippen LogP contribution in [0.3, 0.4) is 0 Å². The molecule has 4 aromatic carbocycles. The molecule has 9 rings (SSSR count). The predicted octanol–water partition coefficient (Wildman–Crippen LogP) is 5.21. The number of carbonyl (C=O) groups is 2. The van der Waals surface area contributed by atoms with Crippen LogP contribution in [-0.2, 0) is 31.5 Å². The molecule has 6 N–H and O–H groups in total. The van der Waals surface area contributed by atoms with Crippen LogP contribution < -0.4 is 26.2 Å². The number of fused-ring (bicyclic) bond motifs is 4. The number of hydrogen-bond donors (Lipinski definition) is 6. The Kier molecular flexibility index (Phi) is 12.2. The lowest BCUT2D eigenvalue weighted by atomic mass is 9.86. The van der Waals surface area contributed by atoms with E-state index in [2.05, 4.69) is 30.9 Å². The fourth-order valence-electron chi connectivity index (χ4n) is 8.09. The van der Waals surface area contributed by atoms with Gasteiger partial charge >= 0.3 is 6.09 Å². The predicted molar refractivity (Wildman–Crippen MR) is 225 cm³/mol. The summed E-state index contributed by atoms with van der Waals surface area (Å²) < 4.78 is 13.8. The third kappa shape index (κ3) is 9.52. The first-order valence-electron chi connectivity index (χ1n) is 20.3. The molecule has 3 atom stereocenters. The molecule has 14 nitrogen and oxygen atoms in total. The van der Waals surface area contributed by atoms with Crippen molar-refractivity contribution < 1.29 is 29.3 Å². The molecule has 6 aromatic rings. The minimum absolute atomic E-state index is 0.0562. The van der Waals surface area contributed by atoms with Gasteiger partial charge in [0.2, 0.25) is 5.56 Å². The molecule has 3 aliphatic rings. The van der Waals surface area contributed by atoms with E-state index in [-0.39, 0.29) is 42.2 Å². The molecule has 3 fully saturated rings. The molecule has 3 saturated heterocycles. The largest absolute Gasteiger partial charge is 0.506 e. The Labute approximate surface area is 347 Å². The first-order chi connectivity index (χ1) is 29.2. The number of benzene rings is 4. The van der Waals surface area contributed by atoms with Crippen molar-refractivity contribution in [2.24, 2.45) is 13.0 Å². The van der Waals surface area contributed by atoms with E-state index in [4.69, 9.17) is 9.47 Å². The van der Waals surface area contributed by atoms with Crippen molar-refractivity contribution in [2.45, 2.75) is 50.8 Å². The number of nitrogens with one attached hydrogen (secondary N) is 4. The fourth-order valence-corrected chi connectivity index (χ4v) is 8.09. The minimum Gasteiger partial charge on any atom is -0.506 e. The molecule has 0 spiro atoms. The number of piperidine rings is 3. The highest BCUT2D eigenvalue weighted by Crippen LogP contribution is 2.31. The summed E-state index contributed by atoms with van der Waals surface area (Å²) in [4.78, 5) is 43.1. The molecule has 0 aliphatic carbocycles. The number of pyridine rings is 1. The maximum atomic E-state index is 13.3. The van der Waals surface area contributed by atoms with Crippen molar-refractivity contribution in [2.75, 3.05) is 26.2 Å². The van der Waals surface area contributed by atoms with Gasteiger partial charge in [0, 0.05) is 44.7 Å². The van der Waals surface area contributed by atoms with Gasteiger partial charge in [-0.1, -0.05) is 72.8 Å². The number of nitrogens with zero attached hydrogens (tertiary/aromatic N) is 3. The molecule has 310 valence electrons. The first-order valence-corrected chi connectivity index (χ1v) is 20.3. The molecule has 3 aliphatic heterocycles. The summed E-state index contributed by atoms with van der Waals surface area (Å²) in [6.45, 7) is 4.15. The number of phenols is 1. The van der Waals surface area contributed by atoms with E-state index < -0.39 is 18.2 Å². The molecular formula is C46H49N7O7. The van der Waals surface area contributed by atoms with Gasteiger partial charge in [-0.25, -0.2) is 4.79 Å². The minimum atomic E-state index is -0.864. The summed E-state index contributed by atoms with van der Waals surface area (Å²) in [6.07, 6.45) is 0.717. The number of ether oxygens (including phenoxy) is 2. The van der Waals surface area contributed by atoms with Crippen molar-refractivity contribution in [3.05, 3.63) is 159 Å². The van der Waals surface area contributed by atoms with E-state index in [1.54, 1.807) is 29.9 Å². The van der Waals surface area contributed by atoms with Gasteiger partial charge in [0.05, 0.1) is 23.4 Å². The average molecular weight is 812 g/mol. The topological polar surface area (TPSA) is 183 Å². The number of aliphatic hydroxyl groups is 1.